The van der Waals surface area contributed by atoms with Gasteiger partial charge in [0.1, 0.15) is 11.5 Å². The maximum absolute atomic E-state index is 14.3. The Hall–Kier alpha value is -5.43. The number of hydrazone groups is 1. The molecule has 4 aromatic carbocycles. The van der Waals surface area contributed by atoms with Crippen LogP contribution in [0.1, 0.15) is 60.6 Å². The molecule has 0 bridgehead atoms. The van der Waals surface area contributed by atoms with Crippen LogP contribution in [-0.4, -0.2) is 34.8 Å². The number of carbonyl (C=O) groups is 1. The van der Waals surface area contributed by atoms with Crippen molar-refractivity contribution in [1.82, 2.24) is 9.99 Å². The third-order valence-electron chi connectivity index (χ3n) is 8.72. The normalized spacial score (nSPS) is 18.1. The summed E-state index contributed by atoms with van der Waals surface area (Å²) >= 11 is 0. The van der Waals surface area contributed by atoms with Crippen molar-refractivity contribution in [3.05, 3.63) is 132 Å². The number of allylic oxidation sites excluding steroid dienone is 1. The van der Waals surface area contributed by atoms with E-state index in [-0.39, 0.29) is 17.9 Å². The van der Waals surface area contributed by atoms with Crippen LogP contribution in [-0.2, 0) is 0 Å². The molecule has 0 radical (unpaired) electrons. The topological polar surface area (TPSA) is 77.2 Å². The number of rotatable bonds is 9. The summed E-state index contributed by atoms with van der Waals surface area (Å²) < 4.78 is 17.4. The van der Waals surface area contributed by atoms with Gasteiger partial charge in [-0.15, -0.1) is 0 Å². The Morgan fingerprint density at radius 1 is 0.851 bits per heavy atom. The molecule has 1 aliphatic carbocycles. The van der Waals surface area contributed by atoms with Crippen LogP contribution in [0.5, 0.6) is 11.5 Å². The van der Waals surface area contributed by atoms with Gasteiger partial charge < -0.3 is 13.9 Å². The number of hydrogen-bond donors (Lipinski definition) is 0. The Labute approximate surface area is 275 Å². The van der Waals surface area contributed by atoms with Crippen molar-refractivity contribution in [3.63, 3.8) is 0 Å². The van der Waals surface area contributed by atoms with E-state index in [2.05, 4.69) is 35.3 Å². The Morgan fingerprint density at radius 3 is 2.21 bits per heavy atom. The van der Waals surface area contributed by atoms with Crippen LogP contribution in [0.15, 0.2) is 124 Å². The van der Waals surface area contributed by atoms with Gasteiger partial charge in [0.25, 0.3) is 5.91 Å². The zero-order chi connectivity index (χ0) is 32.2. The lowest BCUT2D eigenvalue weighted by atomic mass is 9.77. The second-order valence-electron chi connectivity index (χ2n) is 11.7. The summed E-state index contributed by atoms with van der Waals surface area (Å²) in [7, 11) is 0. The van der Waals surface area contributed by atoms with Crippen molar-refractivity contribution >= 4 is 17.7 Å². The Balaban J connectivity index is 1.20. The van der Waals surface area contributed by atoms with Gasteiger partial charge in [0.2, 0.25) is 5.89 Å². The highest BCUT2D eigenvalue weighted by molar-refractivity contribution is 6.09. The van der Waals surface area contributed by atoms with Crippen molar-refractivity contribution in [2.24, 2.45) is 11.0 Å². The van der Waals surface area contributed by atoms with Crippen LogP contribution >= 0.6 is 0 Å². The standard InChI is InChI=1S/C40H37N3O4/c1-3-45-33-21-13-27(14-22-33)25-32-11-8-12-35-37(32)42-43(38(35)29-19-23-34(24-20-29)46-4-2)40(44)31-17-15-30(16-18-31)39-41-26-36(47-39)28-9-6-5-7-10-28/h5-7,9-10,13-26,35,38H,3-4,8,11-12H2,1-2H3/b32-25-/t35-,38-/m0/s1. The van der Waals surface area contributed by atoms with E-state index in [0.29, 0.717) is 30.4 Å². The number of amides is 1. The van der Waals surface area contributed by atoms with Crippen LogP contribution in [0, 0.1) is 5.92 Å². The lowest BCUT2D eigenvalue weighted by Gasteiger charge is -2.30. The van der Waals surface area contributed by atoms with Gasteiger partial charge >= 0.3 is 0 Å². The van der Waals surface area contributed by atoms with Crippen molar-refractivity contribution in [3.8, 4) is 34.3 Å². The van der Waals surface area contributed by atoms with Gasteiger partial charge in [0, 0.05) is 22.6 Å². The van der Waals surface area contributed by atoms with Crippen molar-refractivity contribution < 1.29 is 18.7 Å². The maximum Gasteiger partial charge on any atom is 0.274 e. The molecular weight excluding hydrogens is 586 g/mol. The summed E-state index contributed by atoms with van der Waals surface area (Å²) in [5.74, 6) is 2.81. The summed E-state index contributed by atoms with van der Waals surface area (Å²) in [6, 6.07) is 33.3. The average Bonchev–Trinajstić information content (AvgIpc) is 3.77. The highest BCUT2D eigenvalue weighted by Gasteiger charge is 2.44. The lowest BCUT2D eigenvalue weighted by Crippen LogP contribution is -2.31. The summed E-state index contributed by atoms with van der Waals surface area (Å²) in [6.07, 6.45) is 6.83. The predicted octanol–water partition coefficient (Wildman–Crippen LogP) is 9.24. The van der Waals surface area contributed by atoms with Crippen molar-refractivity contribution in [2.45, 2.75) is 39.2 Å². The van der Waals surface area contributed by atoms with E-state index in [1.165, 1.54) is 5.57 Å². The second kappa shape index (κ2) is 13.5. The summed E-state index contributed by atoms with van der Waals surface area (Å²) in [5, 5.41) is 6.79. The van der Waals surface area contributed by atoms with Crippen LogP contribution in [0.4, 0.5) is 0 Å². The van der Waals surface area contributed by atoms with Crippen LogP contribution in [0.25, 0.3) is 28.9 Å². The van der Waals surface area contributed by atoms with Crippen LogP contribution < -0.4 is 9.47 Å². The molecule has 7 heteroatoms. The molecule has 7 rings (SSSR count). The number of nitrogens with zero attached hydrogens (tertiary/aromatic N) is 3. The number of aromatic nitrogens is 1. The largest absolute Gasteiger partial charge is 0.494 e. The maximum atomic E-state index is 14.3. The predicted molar refractivity (Wildman–Crippen MR) is 184 cm³/mol. The zero-order valence-electron chi connectivity index (χ0n) is 26.6. The SMILES string of the molecule is CCOc1ccc(/C=C2/CCC[C@H]3C2=NN(C(=O)c2ccc(-c4ncc(-c5ccccc5)o4)cc2)[C@H]3c2ccc(OCC)cc2)cc1. The molecule has 1 saturated carbocycles. The number of ether oxygens (including phenoxy) is 2. The van der Waals surface area contributed by atoms with Gasteiger partial charge in [-0.25, -0.2) is 9.99 Å². The van der Waals surface area contributed by atoms with E-state index in [0.717, 1.165) is 58.7 Å². The summed E-state index contributed by atoms with van der Waals surface area (Å²) in [6.45, 7) is 5.19. The molecule has 1 amide bonds. The van der Waals surface area contributed by atoms with Crippen molar-refractivity contribution in [1.29, 1.82) is 0 Å². The fraction of sp³-hybridized carbons (Fsp3) is 0.225. The van der Waals surface area contributed by atoms with Gasteiger partial charge in [-0.1, -0.05) is 54.6 Å². The number of hydrogen-bond acceptors (Lipinski definition) is 6. The minimum Gasteiger partial charge on any atom is -0.494 e. The van der Waals surface area contributed by atoms with E-state index in [9.17, 15) is 4.79 Å². The lowest BCUT2D eigenvalue weighted by molar-refractivity contribution is 0.0681. The van der Waals surface area contributed by atoms with Gasteiger partial charge in [-0.2, -0.15) is 5.10 Å². The molecule has 1 fully saturated rings. The molecule has 236 valence electrons. The first-order chi connectivity index (χ1) is 23.1. The molecular formula is C40H37N3O4. The fourth-order valence-corrected chi connectivity index (χ4v) is 6.49. The minimum atomic E-state index is -0.225. The summed E-state index contributed by atoms with van der Waals surface area (Å²) in [4.78, 5) is 18.8. The molecule has 0 saturated heterocycles. The average molecular weight is 624 g/mol. The molecule has 0 spiro atoms. The van der Waals surface area contributed by atoms with Gasteiger partial charge in [0.15, 0.2) is 5.76 Å². The van der Waals surface area contributed by atoms with Crippen molar-refractivity contribution in [2.75, 3.05) is 13.2 Å². The third-order valence-corrected chi connectivity index (χ3v) is 8.72. The zero-order valence-corrected chi connectivity index (χ0v) is 26.6. The van der Waals surface area contributed by atoms with Gasteiger partial charge in [-0.05, 0) is 104 Å². The number of fused-ring (bicyclic) bond motifs is 1. The first-order valence-corrected chi connectivity index (χ1v) is 16.3. The number of carbonyl (C=O) groups excluding carboxylic acids is 1. The smallest absolute Gasteiger partial charge is 0.274 e. The molecule has 2 aliphatic rings. The molecule has 2 atom stereocenters. The molecule has 1 aromatic heterocycles. The highest BCUT2D eigenvalue weighted by Crippen LogP contribution is 2.45. The minimum absolute atomic E-state index is 0.0857. The van der Waals surface area contributed by atoms with E-state index in [1.807, 2.05) is 92.7 Å². The van der Waals surface area contributed by atoms with Gasteiger partial charge in [-0.3, -0.25) is 4.79 Å². The first-order valence-electron chi connectivity index (χ1n) is 16.3. The number of oxazole rings is 1. The molecule has 0 unspecified atom stereocenters. The Morgan fingerprint density at radius 2 is 1.53 bits per heavy atom. The first kappa shape index (κ1) is 30.2. The molecule has 0 N–H and O–H groups in total. The Kier molecular flexibility index (Phi) is 8.69. The monoisotopic (exact) mass is 623 g/mol. The van der Waals surface area contributed by atoms with E-state index in [4.69, 9.17) is 19.0 Å². The Bertz CT molecular complexity index is 1890. The van der Waals surface area contributed by atoms with Crippen LogP contribution in [0.2, 0.25) is 0 Å². The second-order valence-corrected chi connectivity index (χ2v) is 11.7. The molecule has 5 aromatic rings. The van der Waals surface area contributed by atoms with Crippen LogP contribution in [0.3, 0.4) is 0 Å². The third kappa shape index (κ3) is 6.34. The quantitative estimate of drug-likeness (QED) is 0.164. The van der Waals surface area contributed by atoms with E-state index < -0.39 is 0 Å². The van der Waals surface area contributed by atoms with Gasteiger partial charge in [0.05, 0.1) is 31.2 Å². The molecule has 2 heterocycles. The fourth-order valence-electron chi connectivity index (χ4n) is 6.49. The van der Waals surface area contributed by atoms with E-state index >= 15 is 0 Å². The summed E-state index contributed by atoms with van der Waals surface area (Å²) in [5.41, 5.74) is 6.61. The highest BCUT2D eigenvalue weighted by atomic mass is 16.5. The molecule has 7 nitrogen and oxygen atoms in total. The molecule has 47 heavy (non-hydrogen) atoms. The number of benzene rings is 4. The molecule has 1 aliphatic heterocycles. The van der Waals surface area contributed by atoms with E-state index in [1.54, 1.807) is 11.2 Å².